The summed E-state index contributed by atoms with van der Waals surface area (Å²) in [5, 5.41) is 0. The first kappa shape index (κ1) is 12.0. The van der Waals surface area contributed by atoms with Crippen molar-refractivity contribution in [3.63, 3.8) is 0 Å². The average molecular weight is 202 g/mol. The third-order valence-electron chi connectivity index (χ3n) is 2.62. The molecule has 0 saturated heterocycles. The van der Waals surface area contributed by atoms with Crippen molar-refractivity contribution in [3.8, 4) is 0 Å². The standard InChI is InChI=1S/C15H22/c1-3-5-6-7-11-15-13-9-8-12-14(15)10-4-2/h5-6,8-9,12-13H,3-4,7,10-11H2,1-2H3. The van der Waals surface area contributed by atoms with Crippen molar-refractivity contribution in [1.29, 1.82) is 0 Å². The molecule has 0 heterocycles. The van der Waals surface area contributed by atoms with Crippen LogP contribution < -0.4 is 0 Å². The molecule has 0 aromatic heterocycles. The minimum atomic E-state index is 1.15. The van der Waals surface area contributed by atoms with Gasteiger partial charge < -0.3 is 0 Å². The van der Waals surface area contributed by atoms with E-state index in [1.54, 1.807) is 0 Å². The molecule has 0 radical (unpaired) electrons. The molecule has 0 N–H and O–H groups in total. The van der Waals surface area contributed by atoms with Gasteiger partial charge in [-0.15, -0.1) is 0 Å². The minimum Gasteiger partial charge on any atom is -0.0888 e. The molecule has 82 valence electrons. The van der Waals surface area contributed by atoms with Gasteiger partial charge in [0.25, 0.3) is 0 Å². The van der Waals surface area contributed by atoms with Crippen LogP contribution in [0.3, 0.4) is 0 Å². The molecular formula is C15H22. The Morgan fingerprint density at radius 3 is 2.20 bits per heavy atom. The Morgan fingerprint density at radius 2 is 1.60 bits per heavy atom. The SMILES string of the molecule is CCC=CCCc1ccccc1CCC. The molecule has 0 nitrogen and oxygen atoms in total. The summed E-state index contributed by atoms with van der Waals surface area (Å²) in [6.07, 6.45) is 10.5. The van der Waals surface area contributed by atoms with Gasteiger partial charge in [-0.05, 0) is 36.8 Å². The van der Waals surface area contributed by atoms with Crippen molar-refractivity contribution in [2.45, 2.75) is 46.0 Å². The summed E-state index contributed by atoms with van der Waals surface area (Å²) < 4.78 is 0. The predicted octanol–water partition coefficient (Wildman–Crippen LogP) is 4.54. The highest BCUT2D eigenvalue weighted by atomic mass is 14.0. The largest absolute Gasteiger partial charge is 0.0888 e. The molecule has 1 aromatic rings. The predicted molar refractivity (Wildman–Crippen MR) is 68.2 cm³/mol. The number of rotatable bonds is 6. The van der Waals surface area contributed by atoms with E-state index in [0.29, 0.717) is 0 Å². The van der Waals surface area contributed by atoms with Gasteiger partial charge in [-0.1, -0.05) is 56.7 Å². The fourth-order valence-corrected chi connectivity index (χ4v) is 1.84. The Kier molecular flexibility index (Phi) is 5.84. The van der Waals surface area contributed by atoms with Crippen LogP contribution in [0.4, 0.5) is 0 Å². The quantitative estimate of drug-likeness (QED) is 0.594. The molecule has 0 aliphatic carbocycles. The van der Waals surface area contributed by atoms with Crippen LogP contribution in [-0.2, 0) is 12.8 Å². The van der Waals surface area contributed by atoms with Crippen molar-refractivity contribution in [2.24, 2.45) is 0 Å². The summed E-state index contributed by atoms with van der Waals surface area (Å²) in [4.78, 5) is 0. The van der Waals surface area contributed by atoms with Crippen molar-refractivity contribution in [1.82, 2.24) is 0 Å². The Balaban J connectivity index is 2.55. The normalized spacial score (nSPS) is 11.1. The summed E-state index contributed by atoms with van der Waals surface area (Å²) >= 11 is 0. The first-order valence-corrected chi connectivity index (χ1v) is 6.10. The Morgan fingerprint density at radius 1 is 0.933 bits per heavy atom. The van der Waals surface area contributed by atoms with Gasteiger partial charge in [0.1, 0.15) is 0 Å². The fourth-order valence-electron chi connectivity index (χ4n) is 1.84. The lowest BCUT2D eigenvalue weighted by Crippen LogP contribution is -1.92. The summed E-state index contributed by atoms with van der Waals surface area (Å²) in [6.45, 7) is 4.43. The van der Waals surface area contributed by atoms with Crippen LogP contribution in [0.5, 0.6) is 0 Å². The number of aryl methyl sites for hydroxylation is 2. The molecule has 0 atom stereocenters. The van der Waals surface area contributed by atoms with Gasteiger partial charge in [-0.25, -0.2) is 0 Å². The minimum absolute atomic E-state index is 1.15. The van der Waals surface area contributed by atoms with E-state index in [2.05, 4.69) is 50.3 Å². The van der Waals surface area contributed by atoms with Gasteiger partial charge in [-0.3, -0.25) is 0 Å². The molecule has 0 amide bonds. The molecule has 0 bridgehead atoms. The third-order valence-corrected chi connectivity index (χ3v) is 2.62. The van der Waals surface area contributed by atoms with E-state index in [9.17, 15) is 0 Å². The van der Waals surface area contributed by atoms with Gasteiger partial charge in [0.05, 0.1) is 0 Å². The summed E-state index contributed by atoms with van der Waals surface area (Å²) in [5.74, 6) is 0. The Bertz CT molecular complexity index is 297. The summed E-state index contributed by atoms with van der Waals surface area (Å²) in [5.41, 5.74) is 3.06. The lowest BCUT2D eigenvalue weighted by Gasteiger charge is -2.06. The molecule has 0 saturated carbocycles. The highest BCUT2D eigenvalue weighted by Crippen LogP contribution is 2.13. The van der Waals surface area contributed by atoms with E-state index >= 15 is 0 Å². The lowest BCUT2D eigenvalue weighted by molar-refractivity contribution is 0.883. The highest BCUT2D eigenvalue weighted by molar-refractivity contribution is 5.27. The maximum atomic E-state index is 2.29. The molecule has 1 rings (SSSR count). The zero-order valence-electron chi connectivity index (χ0n) is 10.00. The van der Waals surface area contributed by atoms with Gasteiger partial charge in [-0.2, -0.15) is 0 Å². The Hall–Kier alpha value is -1.04. The number of hydrogen-bond donors (Lipinski definition) is 0. The topological polar surface area (TPSA) is 0 Å². The molecule has 0 aliphatic rings. The first-order valence-electron chi connectivity index (χ1n) is 6.10. The van der Waals surface area contributed by atoms with Crippen molar-refractivity contribution >= 4 is 0 Å². The van der Waals surface area contributed by atoms with Gasteiger partial charge >= 0.3 is 0 Å². The van der Waals surface area contributed by atoms with E-state index < -0.39 is 0 Å². The number of allylic oxidation sites excluding steroid dienone is 2. The van der Waals surface area contributed by atoms with E-state index in [4.69, 9.17) is 0 Å². The zero-order chi connectivity index (χ0) is 10.9. The second-order valence-corrected chi connectivity index (χ2v) is 3.94. The highest BCUT2D eigenvalue weighted by Gasteiger charge is 1.98. The smallest absolute Gasteiger partial charge is 0.0241 e. The fraction of sp³-hybridized carbons (Fsp3) is 0.467. The lowest BCUT2D eigenvalue weighted by atomic mass is 9.99. The average Bonchev–Trinajstić information content (AvgIpc) is 2.27. The van der Waals surface area contributed by atoms with E-state index in [0.717, 1.165) is 6.42 Å². The zero-order valence-corrected chi connectivity index (χ0v) is 10.00. The summed E-state index contributed by atoms with van der Waals surface area (Å²) in [6, 6.07) is 8.83. The van der Waals surface area contributed by atoms with Crippen LogP contribution in [-0.4, -0.2) is 0 Å². The molecule has 0 aliphatic heterocycles. The van der Waals surface area contributed by atoms with Crippen molar-refractivity contribution < 1.29 is 0 Å². The van der Waals surface area contributed by atoms with Crippen molar-refractivity contribution in [3.05, 3.63) is 47.5 Å². The van der Waals surface area contributed by atoms with E-state index in [1.165, 1.54) is 36.8 Å². The van der Waals surface area contributed by atoms with Crippen LogP contribution in [0.15, 0.2) is 36.4 Å². The second-order valence-electron chi connectivity index (χ2n) is 3.94. The van der Waals surface area contributed by atoms with Gasteiger partial charge in [0.15, 0.2) is 0 Å². The van der Waals surface area contributed by atoms with Gasteiger partial charge in [0.2, 0.25) is 0 Å². The number of hydrogen-bond acceptors (Lipinski definition) is 0. The summed E-state index contributed by atoms with van der Waals surface area (Å²) in [7, 11) is 0. The van der Waals surface area contributed by atoms with Crippen LogP contribution in [0, 0.1) is 0 Å². The maximum Gasteiger partial charge on any atom is -0.0241 e. The van der Waals surface area contributed by atoms with Gasteiger partial charge in [0, 0.05) is 0 Å². The van der Waals surface area contributed by atoms with Crippen LogP contribution >= 0.6 is 0 Å². The second kappa shape index (κ2) is 7.28. The van der Waals surface area contributed by atoms with E-state index in [1.807, 2.05) is 0 Å². The molecule has 0 unspecified atom stereocenters. The van der Waals surface area contributed by atoms with Crippen LogP contribution in [0.1, 0.15) is 44.2 Å². The molecular weight excluding hydrogens is 180 g/mol. The molecule has 1 aromatic carbocycles. The molecule has 15 heavy (non-hydrogen) atoms. The Labute approximate surface area is 94.0 Å². The van der Waals surface area contributed by atoms with Crippen molar-refractivity contribution in [2.75, 3.05) is 0 Å². The van der Waals surface area contributed by atoms with Crippen LogP contribution in [0.2, 0.25) is 0 Å². The third kappa shape index (κ3) is 4.33. The van der Waals surface area contributed by atoms with E-state index in [-0.39, 0.29) is 0 Å². The number of benzene rings is 1. The van der Waals surface area contributed by atoms with Crippen LogP contribution in [0.25, 0.3) is 0 Å². The molecule has 0 spiro atoms. The maximum absolute atomic E-state index is 2.29. The molecule has 0 fully saturated rings. The monoisotopic (exact) mass is 202 g/mol. The molecule has 0 heteroatoms. The first-order chi connectivity index (χ1) is 7.38.